The first-order chi connectivity index (χ1) is 9.63. The van der Waals surface area contributed by atoms with Crippen molar-refractivity contribution in [1.29, 1.82) is 0 Å². The van der Waals surface area contributed by atoms with Gasteiger partial charge in [-0.15, -0.1) is 0 Å². The van der Waals surface area contributed by atoms with Crippen LogP contribution in [0.4, 0.5) is 0 Å². The van der Waals surface area contributed by atoms with Crippen molar-refractivity contribution >= 4 is 26.9 Å². The van der Waals surface area contributed by atoms with Gasteiger partial charge in [0.25, 0.3) is 0 Å². The molecule has 20 heavy (non-hydrogen) atoms. The summed E-state index contributed by atoms with van der Waals surface area (Å²) < 4.78 is 6.94. The smallest absolute Gasteiger partial charge is 0.134 e. The molecule has 0 saturated carbocycles. The van der Waals surface area contributed by atoms with Gasteiger partial charge < -0.3 is 10.2 Å². The maximum absolute atomic E-state index is 6.28. The van der Waals surface area contributed by atoms with Crippen LogP contribution in [0.15, 0.2) is 57.4 Å². The predicted octanol–water partition coefficient (Wildman–Crippen LogP) is 4.75. The minimum Gasteiger partial charge on any atom is -0.459 e. The van der Waals surface area contributed by atoms with E-state index in [9.17, 15) is 0 Å². The summed E-state index contributed by atoms with van der Waals surface area (Å²) in [6, 6.07) is 16.2. The van der Waals surface area contributed by atoms with E-state index >= 15 is 0 Å². The topological polar surface area (TPSA) is 39.2 Å². The van der Waals surface area contributed by atoms with E-state index in [-0.39, 0.29) is 6.04 Å². The van der Waals surface area contributed by atoms with Crippen molar-refractivity contribution < 1.29 is 4.42 Å². The maximum atomic E-state index is 6.28. The first kappa shape index (κ1) is 13.4. The van der Waals surface area contributed by atoms with Crippen LogP contribution in [0.25, 0.3) is 11.0 Å². The molecule has 0 amide bonds. The largest absolute Gasteiger partial charge is 0.459 e. The molecule has 0 fully saturated rings. The van der Waals surface area contributed by atoms with Gasteiger partial charge in [0.2, 0.25) is 0 Å². The van der Waals surface area contributed by atoms with Gasteiger partial charge in [-0.1, -0.05) is 45.8 Å². The lowest BCUT2D eigenvalue weighted by molar-refractivity contribution is 0.493. The summed E-state index contributed by atoms with van der Waals surface area (Å²) in [5.74, 6) is 0.835. The zero-order chi connectivity index (χ0) is 14.1. The third-order valence-corrected chi connectivity index (χ3v) is 4.23. The van der Waals surface area contributed by atoms with Gasteiger partial charge in [0.1, 0.15) is 11.3 Å². The molecule has 102 valence electrons. The number of aryl methyl sites for hydroxylation is 1. The molecular weight excluding hydrogens is 314 g/mol. The zero-order valence-electron chi connectivity index (χ0n) is 11.3. The molecule has 3 heteroatoms. The molecule has 0 bridgehead atoms. The standard InChI is InChI=1S/C17H16BrNO/c1-11-6-7-16-13(8-11)10-17(20-16)15(19)9-12-4-2-3-5-14(12)18/h2-8,10,15H,9,19H2,1H3. The van der Waals surface area contributed by atoms with Gasteiger partial charge >= 0.3 is 0 Å². The fourth-order valence-corrected chi connectivity index (χ4v) is 2.81. The molecule has 2 aromatic carbocycles. The summed E-state index contributed by atoms with van der Waals surface area (Å²) >= 11 is 3.56. The molecule has 0 aliphatic heterocycles. The first-order valence-electron chi connectivity index (χ1n) is 6.62. The average molecular weight is 330 g/mol. The van der Waals surface area contributed by atoms with Gasteiger partial charge in [0, 0.05) is 9.86 Å². The van der Waals surface area contributed by atoms with E-state index in [1.54, 1.807) is 0 Å². The van der Waals surface area contributed by atoms with Crippen molar-refractivity contribution in [3.8, 4) is 0 Å². The van der Waals surface area contributed by atoms with Gasteiger partial charge in [-0.05, 0) is 43.2 Å². The molecular formula is C17H16BrNO. The van der Waals surface area contributed by atoms with Gasteiger partial charge in [-0.3, -0.25) is 0 Å². The highest BCUT2D eigenvalue weighted by molar-refractivity contribution is 9.10. The molecule has 0 spiro atoms. The molecule has 0 saturated heterocycles. The molecule has 2 N–H and O–H groups in total. The van der Waals surface area contributed by atoms with Crippen molar-refractivity contribution in [2.24, 2.45) is 5.73 Å². The van der Waals surface area contributed by atoms with E-state index < -0.39 is 0 Å². The van der Waals surface area contributed by atoms with Crippen LogP contribution in [0, 0.1) is 6.92 Å². The van der Waals surface area contributed by atoms with Crippen LogP contribution in [0.1, 0.15) is 22.9 Å². The number of hydrogen-bond donors (Lipinski definition) is 1. The second kappa shape index (κ2) is 5.43. The van der Waals surface area contributed by atoms with Crippen LogP contribution in [0.5, 0.6) is 0 Å². The lowest BCUT2D eigenvalue weighted by atomic mass is 10.0. The average Bonchev–Trinajstić information content (AvgIpc) is 2.84. The van der Waals surface area contributed by atoms with Crippen molar-refractivity contribution in [1.82, 2.24) is 0 Å². The molecule has 3 aromatic rings. The third kappa shape index (κ3) is 2.65. The van der Waals surface area contributed by atoms with E-state index in [1.165, 1.54) is 11.1 Å². The van der Waals surface area contributed by atoms with Crippen molar-refractivity contribution in [3.05, 3.63) is 69.9 Å². The van der Waals surface area contributed by atoms with Crippen molar-refractivity contribution in [2.75, 3.05) is 0 Å². The van der Waals surface area contributed by atoms with E-state index in [1.807, 2.05) is 30.3 Å². The lowest BCUT2D eigenvalue weighted by Crippen LogP contribution is -2.12. The summed E-state index contributed by atoms with van der Waals surface area (Å²) in [4.78, 5) is 0. The van der Waals surface area contributed by atoms with Crippen LogP contribution in [-0.2, 0) is 6.42 Å². The second-order valence-electron chi connectivity index (χ2n) is 5.09. The Morgan fingerprint density at radius 1 is 1.15 bits per heavy atom. The van der Waals surface area contributed by atoms with Crippen LogP contribution in [0.2, 0.25) is 0 Å². The first-order valence-corrected chi connectivity index (χ1v) is 7.42. The number of furan rings is 1. The minimum atomic E-state index is -0.138. The van der Waals surface area contributed by atoms with Crippen molar-refractivity contribution in [3.63, 3.8) is 0 Å². The molecule has 0 radical (unpaired) electrons. The van der Waals surface area contributed by atoms with Crippen molar-refractivity contribution in [2.45, 2.75) is 19.4 Å². The lowest BCUT2D eigenvalue weighted by Gasteiger charge is -2.10. The highest BCUT2D eigenvalue weighted by Crippen LogP contribution is 2.27. The van der Waals surface area contributed by atoms with Crippen LogP contribution in [0.3, 0.4) is 0 Å². The summed E-state index contributed by atoms with van der Waals surface area (Å²) in [6.07, 6.45) is 0.750. The number of fused-ring (bicyclic) bond motifs is 1. The quantitative estimate of drug-likeness (QED) is 0.753. The molecule has 0 aliphatic carbocycles. The van der Waals surface area contributed by atoms with Gasteiger partial charge in [-0.2, -0.15) is 0 Å². The molecule has 3 rings (SSSR count). The monoisotopic (exact) mass is 329 g/mol. The Hall–Kier alpha value is -1.58. The van der Waals surface area contributed by atoms with Gasteiger partial charge in [0.05, 0.1) is 6.04 Å². The molecule has 1 aromatic heterocycles. The third-order valence-electron chi connectivity index (χ3n) is 3.45. The number of hydrogen-bond acceptors (Lipinski definition) is 2. The van der Waals surface area contributed by atoms with Gasteiger partial charge in [-0.25, -0.2) is 0 Å². The van der Waals surface area contributed by atoms with E-state index in [2.05, 4.69) is 41.1 Å². The fourth-order valence-electron chi connectivity index (χ4n) is 2.37. The number of rotatable bonds is 3. The molecule has 2 nitrogen and oxygen atoms in total. The second-order valence-corrected chi connectivity index (χ2v) is 5.95. The Bertz CT molecular complexity index is 748. The van der Waals surface area contributed by atoms with E-state index in [0.717, 1.165) is 27.6 Å². The Kier molecular flexibility index (Phi) is 3.64. The number of halogens is 1. The van der Waals surface area contributed by atoms with Crippen LogP contribution in [-0.4, -0.2) is 0 Å². The number of nitrogens with two attached hydrogens (primary N) is 1. The maximum Gasteiger partial charge on any atom is 0.134 e. The van der Waals surface area contributed by atoms with Crippen LogP contribution >= 0.6 is 15.9 Å². The molecule has 1 unspecified atom stereocenters. The van der Waals surface area contributed by atoms with E-state index in [0.29, 0.717) is 0 Å². The predicted molar refractivity (Wildman–Crippen MR) is 85.7 cm³/mol. The zero-order valence-corrected chi connectivity index (χ0v) is 12.9. The number of benzene rings is 2. The molecule has 1 heterocycles. The Balaban J connectivity index is 1.89. The summed E-state index contributed by atoms with van der Waals surface area (Å²) in [6.45, 7) is 2.08. The highest BCUT2D eigenvalue weighted by atomic mass is 79.9. The SMILES string of the molecule is Cc1ccc2oc(C(N)Cc3ccccc3Br)cc2c1. The van der Waals surface area contributed by atoms with Crippen LogP contribution < -0.4 is 5.73 Å². The minimum absolute atomic E-state index is 0.138. The fraction of sp³-hybridized carbons (Fsp3) is 0.176. The Labute approximate surface area is 126 Å². The highest BCUT2D eigenvalue weighted by Gasteiger charge is 2.14. The molecule has 0 aliphatic rings. The van der Waals surface area contributed by atoms with E-state index in [4.69, 9.17) is 10.2 Å². The van der Waals surface area contributed by atoms with Gasteiger partial charge in [0.15, 0.2) is 0 Å². The normalized spacial score (nSPS) is 12.8. The Morgan fingerprint density at radius 3 is 2.75 bits per heavy atom. The molecule has 1 atom stereocenters. The summed E-state index contributed by atoms with van der Waals surface area (Å²) in [7, 11) is 0. The summed E-state index contributed by atoms with van der Waals surface area (Å²) in [5, 5.41) is 1.11. The summed E-state index contributed by atoms with van der Waals surface area (Å²) in [5.41, 5.74) is 9.60. The Morgan fingerprint density at radius 2 is 1.95 bits per heavy atom.